The van der Waals surface area contributed by atoms with E-state index in [-0.39, 0.29) is 22.0 Å². The largest absolute Gasteiger partial charge is 0.413 e. The number of rotatable bonds is 4. The molecule has 1 aromatic carbocycles. The summed E-state index contributed by atoms with van der Waals surface area (Å²) in [5, 5.41) is 11.0. The number of aliphatic hydroxyl groups is 1. The third-order valence-corrected chi connectivity index (χ3v) is 12.8. The van der Waals surface area contributed by atoms with Crippen LogP contribution >= 0.6 is 0 Å². The van der Waals surface area contributed by atoms with Crippen molar-refractivity contribution in [2.75, 3.05) is 0 Å². The summed E-state index contributed by atoms with van der Waals surface area (Å²) in [5.74, 6) is -0.618. The summed E-state index contributed by atoms with van der Waals surface area (Å²) in [7, 11) is -5.66. The first-order valence-electron chi connectivity index (χ1n) is 9.65. The molecule has 0 saturated heterocycles. The first-order valence-corrected chi connectivity index (χ1v) is 14.0. The molecule has 1 aliphatic rings. The van der Waals surface area contributed by atoms with Gasteiger partial charge in [0.25, 0.3) is 0 Å². The predicted molar refractivity (Wildman–Crippen MR) is 113 cm³/mol. The van der Waals surface area contributed by atoms with Gasteiger partial charge in [0, 0.05) is 11.8 Å². The molecule has 0 aliphatic heterocycles. The molecule has 2 rings (SSSR count). The van der Waals surface area contributed by atoms with Crippen LogP contribution in [-0.2, 0) is 14.3 Å². The summed E-state index contributed by atoms with van der Waals surface area (Å²) in [5.41, 5.74) is 0. The molecule has 0 heterocycles. The van der Waals surface area contributed by atoms with E-state index in [1.54, 1.807) is 43.3 Å². The summed E-state index contributed by atoms with van der Waals surface area (Å²) in [6.07, 6.45) is 1.31. The molecule has 0 radical (unpaired) electrons. The highest BCUT2D eigenvalue weighted by molar-refractivity contribution is 7.95. The second-order valence-corrected chi connectivity index (χ2v) is 15.9. The van der Waals surface area contributed by atoms with Gasteiger partial charge in [-0.05, 0) is 36.7 Å². The molecule has 27 heavy (non-hydrogen) atoms. The van der Waals surface area contributed by atoms with Gasteiger partial charge in [-0.3, -0.25) is 0 Å². The van der Waals surface area contributed by atoms with Crippen molar-refractivity contribution in [1.29, 1.82) is 0 Å². The molecule has 1 aliphatic carbocycles. The maximum Gasteiger partial charge on any atom is 0.202 e. The number of hydrogen-bond donors (Lipinski definition) is 1. The van der Waals surface area contributed by atoms with E-state index in [0.717, 1.165) is 0 Å². The smallest absolute Gasteiger partial charge is 0.202 e. The number of benzene rings is 1. The van der Waals surface area contributed by atoms with Crippen LogP contribution in [0, 0.1) is 11.8 Å². The average molecular weight is 411 g/mol. The van der Waals surface area contributed by atoms with Gasteiger partial charge in [0.2, 0.25) is 9.84 Å². The molecular weight excluding hydrogens is 376 g/mol. The van der Waals surface area contributed by atoms with Crippen LogP contribution in [-0.4, -0.2) is 34.0 Å². The molecular formula is C21H34O4SSi. The minimum atomic E-state index is -3.63. The number of hydrogen-bond acceptors (Lipinski definition) is 4. The fraction of sp³-hybridized carbons (Fsp3) is 0.619. The van der Waals surface area contributed by atoms with E-state index >= 15 is 0 Å². The maximum atomic E-state index is 13.1. The van der Waals surface area contributed by atoms with Crippen molar-refractivity contribution in [3.8, 4) is 0 Å². The Morgan fingerprint density at radius 1 is 1.11 bits per heavy atom. The fourth-order valence-electron chi connectivity index (χ4n) is 3.28. The zero-order valence-electron chi connectivity index (χ0n) is 17.6. The van der Waals surface area contributed by atoms with Gasteiger partial charge < -0.3 is 9.53 Å². The van der Waals surface area contributed by atoms with Crippen molar-refractivity contribution in [2.24, 2.45) is 11.8 Å². The molecule has 0 fully saturated rings. The van der Waals surface area contributed by atoms with Gasteiger partial charge in [-0.25, -0.2) is 8.42 Å². The molecule has 6 heteroatoms. The van der Waals surface area contributed by atoms with E-state index in [1.165, 1.54) is 0 Å². The van der Waals surface area contributed by atoms with Crippen LogP contribution in [0.3, 0.4) is 0 Å². The Balaban J connectivity index is 2.39. The Morgan fingerprint density at radius 2 is 1.67 bits per heavy atom. The summed E-state index contributed by atoms with van der Waals surface area (Å²) in [6, 6.07) is 8.44. The normalized spacial score (nSPS) is 27.8. The molecule has 0 saturated carbocycles. The molecule has 0 spiro atoms. The van der Waals surface area contributed by atoms with E-state index in [4.69, 9.17) is 4.43 Å². The lowest BCUT2D eigenvalue weighted by Gasteiger charge is -2.41. The first kappa shape index (κ1) is 22.3. The molecule has 4 nitrogen and oxygen atoms in total. The number of sulfone groups is 1. The fourth-order valence-corrected chi connectivity index (χ4v) is 6.43. The van der Waals surface area contributed by atoms with Crippen molar-refractivity contribution in [2.45, 2.75) is 76.3 Å². The van der Waals surface area contributed by atoms with Gasteiger partial charge in [0.15, 0.2) is 8.32 Å². The van der Waals surface area contributed by atoms with E-state index in [1.807, 2.05) is 6.92 Å². The van der Waals surface area contributed by atoms with Crippen LogP contribution in [0.5, 0.6) is 0 Å². The maximum absolute atomic E-state index is 13.1. The summed E-state index contributed by atoms with van der Waals surface area (Å²) >= 11 is 0. The standard InChI is InChI=1S/C21H34O4SSi/c1-15-18(25-27(6,7)21(3,4)5)13-14-19(16(2)20(15)22)26(23,24)17-11-9-8-10-12-17/h8-12,14-16,18,20,22H,13H2,1-7H3/t15-,16+,18+,20+/m0/s1. The number of aliphatic hydroxyl groups excluding tert-OH is 1. The molecule has 0 amide bonds. The summed E-state index contributed by atoms with van der Waals surface area (Å²) in [4.78, 5) is 0.570. The first-order chi connectivity index (χ1) is 12.3. The van der Waals surface area contributed by atoms with Crippen LogP contribution in [0.1, 0.15) is 41.0 Å². The van der Waals surface area contributed by atoms with Crippen LogP contribution in [0.15, 0.2) is 46.2 Å². The van der Waals surface area contributed by atoms with Gasteiger partial charge >= 0.3 is 0 Å². The van der Waals surface area contributed by atoms with Crippen molar-refractivity contribution in [3.05, 3.63) is 41.3 Å². The van der Waals surface area contributed by atoms with Gasteiger partial charge in [0.1, 0.15) is 0 Å². The molecule has 4 atom stereocenters. The summed E-state index contributed by atoms with van der Waals surface area (Å²) < 4.78 is 32.8. The van der Waals surface area contributed by atoms with Crippen LogP contribution in [0.4, 0.5) is 0 Å². The topological polar surface area (TPSA) is 63.6 Å². The predicted octanol–water partition coefficient (Wildman–Crippen LogP) is 4.77. The highest BCUT2D eigenvalue weighted by Gasteiger charge is 2.43. The third kappa shape index (κ3) is 4.55. The van der Waals surface area contributed by atoms with Gasteiger partial charge in [-0.1, -0.05) is 58.9 Å². The summed E-state index contributed by atoms with van der Waals surface area (Å²) in [6.45, 7) is 14.7. The van der Waals surface area contributed by atoms with Gasteiger partial charge in [-0.15, -0.1) is 0 Å². The van der Waals surface area contributed by atoms with Crippen molar-refractivity contribution in [1.82, 2.24) is 0 Å². The Kier molecular flexibility index (Phi) is 6.47. The zero-order valence-corrected chi connectivity index (χ0v) is 19.4. The second-order valence-electron chi connectivity index (χ2n) is 9.21. The van der Waals surface area contributed by atoms with E-state index < -0.39 is 30.2 Å². The van der Waals surface area contributed by atoms with E-state index in [0.29, 0.717) is 11.3 Å². The minimum Gasteiger partial charge on any atom is -0.413 e. The molecule has 1 N–H and O–H groups in total. The monoisotopic (exact) mass is 410 g/mol. The Bertz CT molecular complexity index is 778. The molecule has 0 bridgehead atoms. The highest BCUT2D eigenvalue weighted by Crippen LogP contribution is 2.41. The van der Waals surface area contributed by atoms with Gasteiger partial charge in [0.05, 0.1) is 22.0 Å². The van der Waals surface area contributed by atoms with Crippen molar-refractivity contribution in [3.63, 3.8) is 0 Å². The van der Waals surface area contributed by atoms with E-state index in [2.05, 4.69) is 33.9 Å². The van der Waals surface area contributed by atoms with Crippen molar-refractivity contribution >= 4 is 18.2 Å². The molecule has 152 valence electrons. The van der Waals surface area contributed by atoms with Crippen LogP contribution in [0.25, 0.3) is 0 Å². The molecule has 0 aromatic heterocycles. The minimum absolute atomic E-state index is 0.0538. The molecule has 0 unspecified atom stereocenters. The Hall–Kier alpha value is -0.953. The lowest BCUT2D eigenvalue weighted by molar-refractivity contribution is 0.0149. The lowest BCUT2D eigenvalue weighted by Crippen LogP contribution is -2.47. The molecule has 1 aromatic rings. The van der Waals surface area contributed by atoms with E-state index in [9.17, 15) is 13.5 Å². The second kappa shape index (κ2) is 7.82. The third-order valence-electron chi connectivity index (χ3n) is 6.25. The lowest BCUT2D eigenvalue weighted by atomic mass is 9.91. The van der Waals surface area contributed by atoms with Crippen LogP contribution < -0.4 is 0 Å². The SMILES string of the molecule is C[C@@H]1[C@@H](O)[C@H](C)C(S(=O)(=O)c2ccccc2)=CC[C@H]1O[Si](C)(C)C(C)(C)C. The van der Waals surface area contributed by atoms with Crippen molar-refractivity contribution < 1.29 is 18.0 Å². The Labute approximate surface area is 165 Å². The Morgan fingerprint density at radius 3 is 2.19 bits per heavy atom. The van der Waals surface area contributed by atoms with Gasteiger partial charge in [-0.2, -0.15) is 0 Å². The van der Waals surface area contributed by atoms with Crippen LogP contribution in [0.2, 0.25) is 18.1 Å². The quantitative estimate of drug-likeness (QED) is 0.726. The zero-order chi connectivity index (χ0) is 20.6. The highest BCUT2D eigenvalue weighted by atomic mass is 32.2. The average Bonchev–Trinajstić information content (AvgIpc) is 2.67.